The van der Waals surface area contributed by atoms with Crippen LogP contribution in [0, 0.1) is 25.2 Å². The number of hydrogen-bond donors (Lipinski definition) is 2. The van der Waals surface area contributed by atoms with Gasteiger partial charge in [0, 0.05) is 5.69 Å². The van der Waals surface area contributed by atoms with E-state index < -0.39 is 18.5 Å². The Hall–Kier alpha value is -3.79. The number of methoxy groups -OCH3 is 1. The van der Waals surface area contributed by atoms with E-state index in [1.54, 1.807) is 12.1 Å². The molecular weight excluding hydrogens is 360 g/mol. The fraction of sp³-hybridized carbons (Fsp3) is 0.190. The van der Waals surface area contributed by atoms with Crippen LogP contribution < -0.4 is 14.8 Å². The van der Waals surface area contributed by atoms with E-state index >= 15 is 0 Å². The molecule has 0 aliphatic heterocycles. The highest BCUT2D eigenvalue weighted by molar-refractivity contribution is 6.09. The first-order valence-electron chi connectivity index (χ1n) is 8.36. The van der Waals surface area contributed by atoms with Gasteiger partial charge in [0.25, 0.3) is 5.91 Å². The van der Waals surface area contributed by atoms with E-state index in [1.807, 2.05) is 38.1 Å². The fourth-order valence-corrected chi connectivity index (χ4v) is 2.59. The van der Waals surface area contributed by atoms with Crippen LogP contribution in [-0.4, -0.2) is 30.7 Å². The molecule has 0 heterocycles. The standard InChI is InChI=1S/C21H20N2O5/c1-13-6-14(2)8-17(7-13)23-21(26)16(11-22)9-15-4-5-18(19(10-15)27-3)28-12-20(24)25/h4-10H,12H2,1-3H3,(H,23,26)(H,24,25)/b16-9+. The van der Waals surface area contributed by atoms with Gasteiger partial charge in [-0.3, -0.25) is 4.79 Å². The van der Waals surface area contributed by atoms with Crippen LogP contribution in [0.2, 0.25) is 0 Å². The number of anilines is 1. The lowest BCUT2D eigenvalue weighted by Crippen LogP contribution is -2.13. The third-order valence-corrected chi connectivity index (χ3v) is 3.69. The molecule has 0 aliphatic carbocycles. The van der Waals surface area contributed by atoms with Gasteiger partial charge in [0.1, 0.15) is 11.6 Å². The zero-order valence-corrected chi connectivity index (χ0v) is 15.8. The Morgan fingerprint density at radius 2 is 1.82 bits per heavy atom. The summed E-state index contributed by atoms with van der Waals surface area (Å²) in [7, 11) is 1.41. The van der Waals surface area contributed by atoms with Gasteiger partial charge in [0.2, 0.25) is 0 Å². The molecule has 0 saturated carbocycles. The SMILES string of the molecule is COc1cc(/C=C(\C#N)C(=O)Nc2cc(C)cc(C)c2)ccc1OCC(=O)O. The first-order chi connectivity index (χ1) is 13.3. The number of carboxylic acids is 1. The largest absolute Gasteiger partial charge is 0.493 e. The molecule has 0 aromatic heterocycles. The summed E-state index contributed by atoms with van der Waals surface area (Å²) >= 11 is 0. The molecule has 0 radical (unpaired) electrons. The number of benzene rings is 2. The lowest BCUT2D eigenvalue weighted by atomic mass is 10.1. The number of carboxylic acid groups (broad SMARTS) is 1. The van der Waals surface area contributed by atoms with Crippen LogP contribution in [-0.2, 0) is 9.59 Å². The molecule has 7 heteroatoms. The zero-order chi connectivity index (χ0) is 20.7. The number of amides is 1. The van der Waals surface area contributed by atoms with Crippen molar-refractivity contribution in [2.75, 3.05) is 19.0 Å². The highest BCUT2D eigenvalue weighted by Gasteiger charge is 2.12. The Bertz CT molecular complexity index is 953. The summed E-state index contributed by atoms with van der Waals surface area (Å²) in [4.78, 5) is 23.1. The summed E-state index contributed by atoms with van der Waals surface area (Å²) in [6.07, 6.45) is 1.42. The molecule has 0 unspecified atom stereocenters. The number of ether oxygens (including phenoxy) is 2. The van der Waals surface area contributed by atoms with Crippen molar-refractivity contribution in [3.63, 3.8) is 0 Å². The maximum absolute atomic E-state index is 12.4. The van der Waals surface area contributed by atoms with Crippen molar-refractivity contribution in [3.05, 3.63) is 58.7 Å². The second-order valence-electron chi connectivity index (χ2n) is 6.09. The molecule has 2 N–H and O–H groups in total. The van der Waals surface area contributed by atoms with Crippen LogP contribution in [0.1, 0.15) is 16.7 Å². The van der Waals surface area contributed by atoms with Crippen LogP contribution in [0.25, 0.3) is 6.08 Å². The van der Waals surface area contributed by atoms with Gasteiger partial charge in [-0.1, -0.05) is 12.1 Å². The maximum atomic E-state index is 12.4. The van der Waals surface area contributed by atoms with E-state index in [4.69, 9.17) is 14.6 Å². The molecule has 28 heavy (non-hydrogen) atoms. The van der Waals surface area contributed by atoms with E-state index in [-0.39, 0.29) is 11.3 Å². The molecule has 144 valence electrons. The predicted octanol–water partition coefficient (Wildman–Crippen LogP) is 3.32. The smallest absolute Gasteiger partial charge is 0.341 e. The molecule has 0 atom stereocenters. The summed E-state index contributed by atoms with van der Waals surface area (Å²) in [6, 6.07) is 12.2. The van der Waals surface area contributed by atoms with Gasteiger partial charge in [-0.2, -0.15) is 5.26 Å². The summed E-state index contributed by atoms with van der Waals surface area (Å²) in [6.45, 7) is 3.33. The molecule has 0 fully saturated rings. The number of aliphatic carboxylic acids is 1. The van der Waals surface area contributed by atoms with Gasteiger partial charge in [-0.05, 0) is 60.9 Å². The average molecular weight is 380 g/mol. The van der Waals surface area contributed by atoms with Crippen LogP contribution in [0.15, 0.2) is 42.0 Å². The molecule has 0 spiro atoms. The van der Waals surface area contributed by atoms with Crippen molar-refractivity contribution in [1.82, 2.24) is 0 Å². The van der Waals surface area contributed by atoms with Crippen molar-refractivity contribution < 1.29 is 24.2 Å². The first-order valence-corrected chi connectivity index (χ1v) is 8.36. The monoisotopic (exact) mass is 380 g/mol. The number of carbonyl (C=O) groups excluding carboxylic acids is 1. The number of carbonyl (C=O) groups is 2. The van der Waals surface area contributed by atoms with Crippen LogP contribution >= 0.6 is 0 Å². The number of aryl methyl sites for hydroxylation is 2. The second kappa shape index (κ2) is 9.24. The molecule has 7 nitrogen and oxygen atoms in total. The molecule has 0 bridgehead atoms. The summed E-state index contributed by atoms with van der Waals surface area (Å²) in [5.74, 6) is -1.10. The minimum Gasteiger partial charge on any atom is -0.493 e. The third kappa shape index (κ3) is 5.61. The van der Waals surface area contributed by atoms with E-state index in [2.05, 4.69) is 5.32 Å². The summed E-state index contributed by atoms with van der Waals surface area (Å²) in [5.41, 5.74) is 3.06. The van der Waals surface area contributed by atoms with E-state index in [0.717, 1.165) is 11.1 Å². The van der Waals surface area contributed by atoms with Crippen molar-refractivity contribution in [1.29, 1.82) is 5.26 Å². The zero-order valence-electron chi connectivity index (χ0n) is 15.8. The van der Waals surface area contributed by atoms with Crippen LogP contribution in [0.4, 0.5) is 5.69 Å². The van der Waals surface area contributed by atoms with Gasteiger partial charge in [-0.15, -0.1) is 0 Å². The lowest BCUT2D eigenvalue weighted by Gasteiger charge is -2.10. The van der Waals surface area contributed by atoms with Crippen molar-refractivity contribution >= 4 is 23.6 Å². The molecule has 2 aromatic rings. The quantitative estimate of drug-likeness (QED) is 0.563. The Labute approximate surface area is 162 Å². The molecule has 0 aliphatic rings. The van der Waals surface area contributed by atoms with E-state index in [0.29, 0.717) is 17.0 Å². The molecule has 1 amide bonds. The van der Waals surface area contributed by atoms with E-state index in [9.17, 15) is 14.9 Å². The minimum atomic E-state index is -1.11. The normalized spacial score (nSPS) is 10.7. The first kappa shape index (κ1) is 20.5. The fourth-order valence-electron chi connectivity index (χ4n) is 2.59. The highest BCUT2D eigenvalue weighted by atomic mass is 16.5. The highest BCUT2D eigenvalue weighted by Crippen LogP contribution is 2.29. The molecule has 2 rings (SSSR count). The lowest BCUT2D eigenvalue weighted by molar-refractivity contribution is -0.139. The Balaban J connectivity index is 2.24. The number of hydrogen-bond acceptors (Lipinski definition) is 5. The summed E-state index contributed by atoms with van der Waals surface area (Å²) < 4.78 is 10.3. The van der Waals surface area contributed by atoms with E-state index in [1.165, 1.54) is 19.3 Å². The summed E-state index contributed by atoms with van der Waals surface area (Å²) in [5, 5.41) is 20.8. The topological polar surface area (TPSA) is 109 Å². The van der Waals surface area contributed by atoms with Gasteiger partial charge >= 0.3 is 5.97 Å². The van der Waals surface area contributed by atoms with Crippen molar-refractivity contribution in [2.45, 2.75) is 13.8 Å². The van der Waals surface area contributed by atoms with Crippen molar-refractivity contribution in [3.8, 4) is 17.6 Å². The van der Waals surface area contributed by atoms with Crippen LogP contribution in [0.5, 0.6) is 11.5 Å². The molecule has 2 aromatic carbocycles. The number of nitrogens with one attached hydrogen (secondary N) is 1. The predicted molar refractivity (Wildman–Crippen MR) is 104 cm³/mol. The molecular formula is C21H20N2O5. The second-order valence-corrected chi connectivity index (χ2v) is 6.09. The number of nitriles is 1. The third-order valence-electron chi connectivity index (χ3n) is 3.69. The van der Waals surface area contributed by atoms with Gasteiger partial charge in [0.15, 0.2) is 18.1 Å². The van der Waals surface area contributed by atoms with Crippen molar-refractivity contribution in [2.24, 2.45) is 0 Å². The Morgan fingerprint density at radius 1 is 1.14 bits per heavy atom. The molecule has 0 saturated heterocycles. The average Bonchev–Trinajstić information content (AvgIpc) is 2.63. The number of nitrogens with zero attached hydrogens (tertiary/aromatic N) is 1. The Morgan fingerprint density at radius 3 is 2.39 bits per heavy atom. The minimum absolute atomic E-state index is 0.0829. The number of rotatable bonds is 7. The van der Waals surface area contributed by atoms with Gasteiger partial charge < -0.3 is 19.9 Å². The van der Waals surface area contributed by atoms with Crippen LogP contribution in [0.3, 0.4) is 0 Å². The maximum Gasteiger partial charge on any atom is 0.341 e. The van der Waals surface area contributed by atoms with Gasteiger partial charge in [0.05, 0.1) is 7.11 Å². The van der Waals surface area contributed by atoms with Gasteiger partial charge in [-0.25, -0.2) is 4.79 Å². The Kier molecular flexibility index (Phi) is 6.77.